The highest BCUT2D eigenvalue weighted by Gasteiger charge is 2.20. The van der Waals surface area contributed by atoms with E-state index in [2.05, 4.69) is 35.3 Å². The van der Waals surface area contributed by atoms with Gasteiger partial charge >= 0.3 is 6.09 Å². The molecule has 5 heteroatoms. The van der Waals surface area contributed by atoms with E-state index in [4.69, 9.17) is 4.74 Å². The van der Waals surface area contributed by atoms with Gasteiger partial charge in [-0.1, -0.05) is 6.92 Å². The summed E-state index contributed by atoms with van der Waals surface area (Å²) in [5.41, 5.74) is 0.868. The molecule has 0 aliphatic carbocycles. The summed E-state index contributed by atoms with van der Waals surface area (Å²) in [6.45, 7) is 14.1. The van der Waals surface area contributed by atoms with E-state index in [1.54, 1.807) is 4.90 Å². The predicted octanol–water partition coefficient (Wildman–Crippen LogP) is 3.63. The highest BCUT2D eigenvalue weighted by molar-refractivity contribution is 5.68. The third kappa shape index (κ3) is 8.07. The molecule has 0 spiro atoms. The van der Waals surface area contributed by atoms with Crippen LogP contribution in [0.3, 0.4) is 0 Å². The van der Waals surface area contributed by atoms with Gasteiger partial charge in [-0.25, -0.2) is 4.79 Å². The molecule has 0 bridgehead atoms. The number of aryl methyl sites for hydroxylation is 1. The van der Waals surface area contributed by atoms with E-state index < -0.39 is 5.60 Å². The van der Waals surface area contributed by atoms with Crippen molar-refractivity contribution in [2.24, 2.45) is 0 Å². The molecule has 1 aromatic heterocycles. The fourth-order valence-corrected chi connectivity index (χ4v) is 2.33. The zero-order chi connectivity index (χ0) is 17.3. The zero-order valence-corrected chi connectivity index (χ0v) is 15.4. The Bertz CT molecular complexity index is 463. The van der Waals surface area contributed by atoms with Crippen molar-refractivity contribution in [1.29, 1.82) is 0 Å². The first-order valence-electron chi connectivity index (χ1n) is 8.69. The summed E-state index contributed by atoms with van der Waals surface area (Å²) >= 11 is 0. The average molecular weight is 323 g/mol. The molecule has 5 nitrogen and oxygen atoms in total. The van der Waals surface area contributed by atoms with Crippen LogP contribution in [0.2, 0.25) is 0 Å². The minimum Gasteiger partial charge on any atom is -0.444 e. The molecule has 23 heavy (non-hydrogen) atoms. The van der Waals surface area contributed by atoms with Gasteiger partial charge in [-0.2, -0.15) is 0 Å². The first-order valence-corrected chi connectivity index (χ1v) is 8.69. The lowest BCUT2D eigenvalue weighted by molar-refractivity contribution is 0.0258. The van der Waals surface area contributed by atoms with Crippen LogP contribution >= 0.6 is 0 Å². The van der Waals surface area contributed by atoms with Gasteiger partial charge in [-0.15, -0.1) is 0 Å². The second-order valence-electron chi connectivity index (χ2n) is 6.85. The molecule has 0 aliphatic rings. The van der Waals surface area contributed by atoms with Gasteiger partial charge in [-0.05, 0) is 58.7 Å². The fraction of sp³-hybridized carbons (Fsp3) is 0.722. The summed E-state index contributed by atoms with van der Waals surface area (Å²) in [5.74, 6) is 0. The van der Waals surface area contributed by atoms with Crippen LogP contribution in [0, 0.1) is 0 Å². The molecule has 1 heterocycles. The second kappa shape index (κ2) is 9.60. The number of aromatic nitrogens is 1. The van der Waals surface area contributed by atoms with E-state index in [-0.39, 0.29) is 6.09 Å². The van der Waals surface area contributed by atoms with Crippen molar-refractivity contribution in [2.75, 3.05) is 19.6 Å². The Morgan fingerprint density at radius 2 is 2.09 bits per heavy atom. The molecule has 0 radical (unpaired) electrons. The van der Waals surface area contributed by atoms with Gasteiger partial charge in [0.25, 0.3) is 0 Å². The van der Waals surface area contributed by atoms with Gasteiger partial charge in [0.1, 0.15) is 5.60 Å². The third-order valence-electron chi connectivity index (χ3n) is 3.44. The quantitative estimate of drug-likeness (QED) is 0.706. The number of carbonyl (C=O) groups excluding carboxylic acids is 1. The van der Waals surface area contributed by atoms with E-state index in [0.717, 1.165) is 39.0 Å². The molecule has 0 saturated heterocycles. The Morgan fingerprint density at radius 1 is 1.35 bits per heavy atom. The molecule has 0 aromatic carbocycles. The Morgan fingerprint density at radius 3 is 2.70 bits per heavy atom. The highest BCUT2D eigenvalue weighted by atomic mass is 16.6. The molecular weight excluding hydrogens is 290 g/mol. The van der Waals surface area contributed by atoms with Gasteiger partial charge in [0.2, 0.25) is 0 Å². The lowest BCUT2D eigenvalue weighted by atomic mass is 10.2. The van der Waals surface area contributed by atoms with Gasteiger partial charge in [-0.3, -0.25) is 0 Å². The van der Waals surface area contributed by atoms with E-state index in [0.29, 0.717) is 6.54 Å². The number of hydrogen-bond donors (Lipinski definition) is 1. The summed E-state index contributed by atoms with van der Waals surface area (Å²) in [4.78, 5) is 13.8. The van der Waals surface area contributed by atoms with Crippen molar-refractivity contribution in [2.45, 2.75) is 66.2 Å². The summed E-state index contributed by atoms with van der Waals surface area (Å²) in [6.07, 6.45) is 6.16. The average Bonchev–Trinajstić information content (AvgIpc) is 2.89. The third-order valence-corrected chi connectivity index (χ3v) is 3.44. The van der Waals surface area contributed by atoms with Crippen LogP contribution in [-0.4, -0.2) is 40.8 Å². The van der Waals surface area contributed by atoms with Crippen LogP contribution in [0.4, 0.5) is 4.79 Å². The van der Waals surface area contributed by atoms with Gasteiger partial charge in [0.05, 0.1) is 0 Å². The van der Waals surface area contributed by atoms with Gasteiger partial charge < -0.3 is 19.5 Å². The predicted molar refractivity (Wildman–Crippen MR) is 94.5 cm³/mol. The molecule has 1 amide bonds. The lowest BCUT2D eigenvalue weighted by Crippen LogP contribution is -2.38. The van der Waals surface area contributed by atoms with Crippen molar-refractivity contribution in [3.05, 3.63) is 24.0 Å². The van der Waals surface area contributed by atoms with Crippen LogP contribution in [0.1, 0.15) is 53.0 Å². The number of ether oxygens (including phenoxy) is 1. The Balaban J connectivity index is 2.22. The molecule has 1 aromatic rings. The fourth-order valence-electron chi connectivity index (χ4n) is 2.33. The maximum absolute atomic E-state index is 12.0. The van der Waals surface area contributed by atoms with E-state index >= 15 is 0 Å². The summed E-state index contributed by atoms with van der Waals surface area (Å²) in [7, 11) is 0. The number of amides is 1. The molecule has 0 fully saturated rings. The smallest absolute Gasteiger partial charge is 0.410 e. The first kappa shape index (κ1) is 19.6. The Hall–Kier alpha value is -1.49. The molecule has 0 saturated carbocycles. The maximum Gasteiger partial charge on any atom is 0.410 e. The minimum absolute atomic E-state index is 0.225. The van der Waals surface area contributed by atoms with Gasteiger partial charge in [0, 0.05) is 38.6 Å². The summed E-state index contributed by atoms with van der Waals surface area (Å²) < 4.78 is 7.63. The molecule has 1 N–H and O–H groups in total. The van der Waals surface area contributed by atoms with Crippen molar-refractivity contribution in [3.63, 3.8) is 0 Å². The molecular formula is C18H33N3O2. The summed E-state index contributed by atoms with van der Waals surface area (Å²) in [5, 5.41) is 3.43. The van der Waals surface area contributed by atoms with Crippen molar-refractivity contribution in [1.82, 2.24) is 14.8 Å². The number of carbonyl (C=O) groups is 1. The number of hydrogen-bond acceptors (Lipinski definition) is 3. The highest BCUT2D eigenvalue weighted by Crippen LogP contribution is 2.10. The molecule has 132 valence electrons. The van der Waals surface area contributed by atoms with Crippen molar-refractivity contribution in [3.8, 4) is 0 Å². The van der Waals surface area contributed by atoms with Crippen molar-refractivity contribution >= 4 is 6.09 Å². The normalized spacial score (nSPS) is 11.5. The largest absolute Gasteiger partial charge is 0.444 e. The lowest BCUT2D eigenvalue weighted by Gasteiger charge is -2.26. The van der Waals surface area contributed by atoms with Gasteiger partial charge in [0.15, 0.2) is 0 Å². The minimum atomic E-state index is -0.436. The maximum atomic E-state index is 12.0. The van der Waals surface area contributed by atoms with E-state index in [1.165, 1.54) is 5.56 Å². The summed E-state index contributed by atoms with van der Waals surface area (Å²) in [6, 6.07) is 2.15. The Labute approximate surface area is 141 Å². The molecule has 0 unspecified atom stereocenters. The van der Waals surface area contributed by atoms with Crippen molar-refractivity contribution < 1.29 is 9.53 Å². The number of rotatable bonds is 9. The second-order valence-corrected chi connectivity index (χ2v) is 6.85. The first-order chi connectivity index (χ1) is 10.9. The molecule has 1 rings (SSSR count). The van der Waals surface area contributed by atoms with Crippen LogP contribution in [0.15, 0.2) is 18.5 Å². The standard InChI is InChI=1S/C18H33N3O2/c1-6-11-20-13-9-16(15-20)14-19-10-8-12-21(7-2)17(22)23-18(3,4)5/h9,13,15,19H,6-8,10-12,14H2,1-5H3. The van der Waals surface area contributed by atoms with Crippen LogP contribution in [-0.2, 0) is 17.8 Å². The van der Waals surface area contributed by atoms with Crippen LogP contribution < -0.4 is 5.32 Å². The van der Waals surface area contributed by atoms with Crippen LogP contribution in [0.25, 0.3) is 0 Å². The number of nitrogens with zero attached hydrogens (tertiary/aromatic N) is 2. The Kier molecular flexibility index (Phi) is 8.17. The molecule has 0 aliphatic heterocycles. The SMILES string of the molecule is CCCn1ccc(CNCCCN(CC)C(=O)OC(C)(C)C)c1. The monoisotopic (exact) mass is 323 g/mol. The van der Waals surface area contributed by atoms with Crippen LogP contribution in [0.5, 0.6) is 0 Å². The van der Waals surface area contributed by atoms with E-state index in [9.17, 15) is 4.79 Å². The van der Waals surface area contributed by atoms with E-state index in [1.807, 2.05) is 27.7 Å². The topological polar surface area (TPSA) is 46.5 Å². The zero-order valence-electron chi connectivity index (χ0n) is 15.4. The molecule has 0 atom stereocenters. The number of nitrogens with one attached hydrogen (secondary N) is 1.